The van der Waals surface area contributed by atoms with Crippen LogP contribution in [0.15, 0.2) is 48.5 Å². The standard InChI is InChI=1S/C18H22Cl2NO2P/c1-12(2)11-17(21)18(22)24(23,15-7-3-13(19)4-8-15)16-9-5-14(20)6-10-16/h3-10,12,17-18,22H,11,21H2,1-2H3/t17-,18?/m0/s1. The summed E-state index contributed by atoms with van der Waals surface area (Å²) in [5.74, 6) is -0.888. The van der Waals surface area contributed by atoms with Gasteiger partial charge in [0.1, 0.15) is 5.85 Å². The minimum atomic E-state index is -3.35. The first-order valence-corrected chi connectivity index (χ1v) is 10.3. The quantitative estimate of drug-likeness (QED) is 0.738. The SMILES string of the molecule is CC(C)C[C@H](N)C(O)P(=O)(c1ccc(Cl)cc1)c1ccc(Cl)cc1. The first-order valence-electron chi connectivity index (χ1n) is 7.80. The molecule has 0 aliphatic heterocycles. The van der Waals surface area contributed by atoms with E-state index >= 15 is 0 Å². The molecule has 0 aliphatic carbocycles. The Morgan fingerprint density at radius 1 is 0.958 bits per heavy atom. The molecule has 0 aliphatic rings. The number of rotatable bonds is 6. The van der Waals surface area contributed by atoms with Gasteiger partial charge in [0.2, 0.25) is 0 Å². The van der Waals surface area contributed by atoms with Crippen LogP contribution in [-0.4, -0.2) is 17.0 Å². The largest absolute Gasteiger partial charge is 0.383 e. The van der Waals surface area contributed by atoms with Crippen LogP contribution in [0.25, 0.3) is 0 Å². The fraction of sp³-hybridized carbons (Fsp3) is 0.333. The van der Waals surface area contributed by atoms with E-state index in [0.29, 0.717) is 33.0 Å². The van der Waals surface area contributed by atoms with Gasteiger partial charge in [0.05, 0.1) is 0 Å². The monoisotopic (exact) mass is 385 g/mol. The minimum Gasteiger partial charge on any atom is -0.383 e. The van der Waals surface area contributed by atoms with Gasteiger partial charge in [-0.05, 0) is 60.9 Å². The molecular formula is C18H22Cl2NO2P. The third-order valence-electron chi connectivity index (χ3n) is 3.92. The number of halogens is 2. The molecule has 2 aromatic carbocycles. The van der Waals surface area contributed by atoms with Gasteiger partial charge < -0.3 is 15.4 Å². The molecule has 6 heteroatoms. The maximum Gasteiger partial charge on any atom is 0.171 e. The van der Waals surface area contributed by atoms with Crippen LogP contribution in [-0.2, 0) is 4.57 Å². The Balaban J connectivity index is 2.54. The van der Waals surface area contributed by atoms with Crippen molar-refractivity contribution in [1.29, 1.82) is 0 Å². The highest BCUT2D eigenvalue weighted by Gasteiger charge is 2.39. The molecule has 2 aromatic rings. The average molecular weight is 386 g/mol. The van der Waals surface area contributed by atoms with Crippen LogP contribution >= 0.6 is 30.3 Å². The molecule has 0 radical (unpaired) electrons. The van der Waals surface area contributed by atoms with E-state index in [1.165, 1.54) is 0 Å². The van der Waals surface area contributed by atoms with Crippen molar-refractivity contribution in [1.82, 2.24) is 0 Å². The fourth-order valence-corrected chi connectivity index (χ4v) is 5.72. The molecule has 0 amide bonds. The summed E-state index contributed by atoms with van der Waals surface area (Å²) in [5.41, 5.74) is 6.16. The summed E-state index contributed by atoms with van der Waals surface area (Å²) < 4.78 is 13.9. The van der Waals surface area contributed by atoms with E-state index in [-0.39, 0.29) is 0 Å². The van der Waals surface area contributed by atoms with Gasteiger partial charge in [0.25, 0.3) is 0 Å². The van der Waals surface area contributed by atoms with Crippen molar-refractivity contribution < 1.29 is 9.67 Å². The third-order valence-corrected chi connectivity index (χ3v) is 7.68. The first-order chi connectivity index (χ1) is 11.2. The lowest BCUT2D eigenvalue weighted by Gasteiger charge is -2.30. The van der Waals surface area contributed by atoms with E-state index in [1.54, 1.807) is 48.5 Å². The zero-order valence-corrected chi connectivity index (χ0v) is 16.1. The van der Waals surface area contributed by atoms with E-state index in [4.69, 9.17) is 28.9 Å². The van der Waals surface area contributed by atoms with Crippen molar-refractivity contribution in [2.45, 2.75) is 32.2 Å². The molecule has 130 valence electrons. The number of aliphatic hydroxyl groups is 1. The van der Waals surface area contributed by atoms with Crippen molar-refractivity contribution in [2.24, 2.45) is 11.7 Å². The van der Waals surface area contributed by atoms with Crippen LogP contribution in [0.1, 0.15) is 20.3 Å². The van der Waals surface area contributed by atoms with Crippen LogP contribution in [0.4, 0.5) is 0 Å². The number of nitrogens with two attached hydrogens (primary N) is 1. The number of benzene rings is 2. The van der Waals surface area contributed by atoms with Crippen molar-refractivity contribution in [2.75, 3.05) is 0 Å². The molecule has 24 heavy (non-hydrogen) atoms. The van der Waals surface area contributed by atoms with Crippen molar-refractivity contribution >= 4 is 41.0 Å². The summed E-state index contributed by atoms with van der Waals surface area (Å²) in [6.07, 6.45) is 0.576. The summed E-state index contributed by atoms with van der Waals surface area (Å²) in [6, 6.07) is 12.8. The predicted octanol–water partition coefficient (Wildman–Crippen LogP) is 4.00. The fourth-order valence-electron chi connectivity index (χ4n) is 2.72. The maximum atomic E-state index is 13.9. The number of aliphatic hydroxyl groups excluding tert-OH is 1. The Labute approximate surface area is 153 Å². The molecular weight excluding hydrogens is 364 g/mol. The van der Waals surface area contributed by atoms with Gasteiger partial charge in [0.15, 0.2) is 7.14 Å². The number of hydrogen-bond donors (Lipinski definition) is 2. The smallest absolute Gasteiger partial charge is 0.171 e. The zero-order chi connectivity index (χ0) is 17.9. The summed E-state index contributed by atoms with van der Waals surface area (Å²) in [7, 11) is -3.35. The minimum absolute atomic E-state index is 0.290. The van der Waals surface area contributed by atoms with Crippen LogP contribution in [0.3, 0.4) is 0 Å². The molecule has 0 fully saturated rings. The van der Waals surface area contributed by atoms with Gasteiger partial charge in [-0.2, -0.15) is 0 Å². The Bertz CT molecular complexity index is 667. The number of hydrogen-bond acceptors (Lipinski definition) is 3. The second kappa shape index (κ2) is 8.03. The van der Waals surface area contributed by atoms with Crippen LogP contribution < -0.4 is 16.3 Å². The lowest BCUT2D eigenvalue weighted by atomic mass is 10.1. The Morgan fingerprint density at radius 2 is 1.33 bits per heavy atom. The highest BCUT2D eigenvalue weighted by Crippen LogP contribution is 2.49. The normalized spacial score (nSPS) is 14.6. The van der Waals surface area contributed by atoms with E-state index in [2.05, 4.69) is 0 Å². The van der Waals surface area contributed by atoms with Gasteiger partial charge in [-0.1, -0.05) is 37.0 Å². The van der Waals surface area contributed by atoms with Crippen LogP contribution in [0.5, 0.6) is 0 Å². The van der Waals surface area contributed by atoms with Crippen LogP contribution in [0, 0.1) is 5.92 Å². The second-order valence-corrected chi connectivity index (χ2v) is 10.1. The summed E-state index contributed by atoms with van der Waals surface area (Å²) in [5, 5.41) is 13.0. The molecule has 1 unspecified atom stereocenters. The van der Waals surface area contributed by atoms with Gasteiger partial charge in [0, 0.05) is 26.7 Å². The lowest BCUT2D eigenvalue weighted by Crippen LogP contribution is -2.40. The van der Waals surface area contributed by atoms with Gasteiger partial charge in [-0.3, -0.25) is 0 Å². The molecule has 2 atom stereocenters. The topological polar surface area (TPSA) is 63.3 Å². The molecule has 0 bridgehead atoms. The van der Waals surface area contributed by atoms with E-state index < -0.39 is 19.0 Å². The predicted molar refractivity (Wildman–Crippen MR) is 103 cm³/mol. The van der Waals surface area contributed by atoms with Crippen molar-refractivity contribution in [3.05, 3.63) is 58.6 Å². The molecule has 2 rings (SSSR count). The van der Waals surface area contributed by atoms with Crippen LogP contribution in [0.2, 0.25) is 10.0 Å². The molecule has 0 aromatic heterocycles. The molecule has 3 nitrogen and oxygen atoms in total. The molecule has 0 spiro atoms. The van der Waals surface area contributed by atoms with Crippen molar-refractivity contribution in [3.8, 4) is 0 Å². The highest BCUT2D eigenvalue weighted by atomic mass is 35.5. The highest BCUT2D eigenvalue weighted by molar-refractivity contribution is 7.79. The first kappa shape index (κ1) is 19.5. The molecule has 0 saturated heterocycles. The van der Waals surface area contributed by atoms with Crippen molar-refractivity contribution in [3.63, 3.8) is 0 Å². The maximum absolute atomic E-state index is 13.9. The average Bonchev–Trinajstić information content (AvgIpc) is 2.54. The summed E-state index contributed by atoms with van der Waals surface area (Å²) in [6.45, 7) is 4.03. The molecule has 3 N–H and O–H groups in total. The summed E-state index contributed by atoms with van der Waals surface area (Å²) >= 11 is 11.9. The van der Waals surface area contributed by atoms with Gasteiger partial charge in [-0.25, -0.2) is 0 Å². The van der Waals surface area contributed by atoms with E-state index in [0.717, 1.165) is 0 Å². The Hall–Kier alpha value is -0.830. The Morgan fingerprint density at radius 3 is 1.67 bits per heavy atom. The molecule has 0 heterocycles. The van der Waals surface area contributed by atoms with Gasteiger partial charge in [-0.15, -0.1) is 0 Å². The molecule has 0 saturated carbocycles. The zero-order valence-electron chi connectivity index (χ0n) is 13.7. The second-order valence-electron chi connectivity index (χ2n) is 6.32. The lowest BCUT2D eigenvalue weighted by molar-refractivity contribution is 0.205. The Kier molecular flexibility index (Phi) is 6.52. The van der Waals surface area contributed by atoms with Gasteiger partial charge >= 0.3 is 0 Å². The van der Waals surface area contributed by atoms with E-state index in [1.807, 2.05) is 13.8 Å². The summed E-state index contributed by atoms with van der Waals surface area (Å²) in [4.78, 5) is 0. The third kappa shape index (κ3) is 4.22. The van der Waals surface area contributed by atoms with E-state index in [9.17, 15) is 9.67 Å².